The van der Waals surface area contributed by atoms with Gasteiger partial charge in [0.05, 0.1) is 26.3 Å². The van der Waals surface area contributed by atoms with E-state index in [1.54, 1.807) is 14.2 Å². The normalized spacial score (nSPS) is 12.0. The summed E-state index contributed by atoms with van der Waals surface area (Å²) in [7, 11) is 3.27. The van der Waals surface area contributed by atoms with Crippen molar-refractivity contribution in [3.63, 3.8) is 0 Å². The van der Waals surface area contributed by atoms with E-state index in [2.05, 4.69) is 25.2 Å². The molecule has 0 aliphatic carbocycles. The lowest BCUT2D eigenvalue weighted by Gasteiger charge is -2.15. The van der Waals surface area contributed by atoms with E-state index < -0.39 is 0 Å². The van der Waals surface area contributed by atoms with Crippen LogP contribution in [0.1, 0.15) is 37.4 Å². The Hall–Kier alpha value is -3.32. The first-order chi connectivity index (χ1) is 15.5. The van der Waals surface area contributed by atoms with Gasteiger partial charge in [-0.05, 0) is 42.2 Å². The molecule has 0 fully saturated rings. The number of hydrogen-bond acceptors (Lipinski definition) is 5. The minimum absolute atomic E-state index is 0.0466. The molecule has 166 valence electrons. The number of thiazole rings is 1. The molecule has 0 bridgehead atoms. The van der Waals surface area contributed by atoms with Gasteiger partial charge in [0.25, 0.3) is 0 Å². The number of aromatic nitrogens is 2. The highest BCUT2D eigenvalue weighted by Crippen LogP contribution is 2.34. The van der Waals surface area contributed by atoms with Gasteiger partial charge in [-0.25, -0.2) is 4.98 Å². The highest BCUT2D eigenvalue weighted by atomic mass is 32.1. The third kappa shape index (κ3) is 4.34. The van der Waals surface area contributed by atoms with Gasteiger partial charge >= 0.3 is 0 Å². The Labute approximate surface area is 191 Å². The standard InChI is InChI=1S/C25H27N3O3S/c1-5-16(2)19-8-6-7-9-21(19)26-24(29)12-17-15-32-25-27-22(14-28(17)25)20-13-18(30-3)10-11-23(20)31-4/h6-11,13-16H,5,12H2,1-4H3,(H,26,29). The number of carbonyl (C=O) groups excluding carboxylic acids is 1. The topological polar surface area (TPSA) is 64.9 Å². The van der Waals surface area contributed by atoms with Crippen LogP contribution in [-0.4, -0.2) is 29.5 Å². The summed E-state index contributed by atoms with van der Waals surface area (Å²) in [6.07, 6.45) is 3.22. The maximum absolute atomic E-state index is 12.9. The molecular formula is C25H27N3O3S. The lowest BCUT2D eigenvalue weighted by molar-refractivity contribution is -0.115. The van der Waals surface area contributed by atoms with E-state index in [1.165, 1.54) is 11.3 Å². The molecule has 0 aliphatic rings. The average Bonchev–Trinajstić information content (AvgIpc) is 3.40. The van der Waals surface area contributed by atoms with Gasteiger partial charge in [-0.2, -0.15) is 0 Å². The fraction of sp³-hybridized carbons (Fsp3) is 0.280. The molecule has 7 heteroatoms. The van der Waals surface area contributed by atoms with Crippen molar-refractivity contribution in [3.8, 4) is 22.8 Å². The molecule has 4 rings (SSSR count). The summed E-state index contributed by atoms with van der Waals surface area (Å²) >= 11 is 1.51. The van der Waals surface area contributed by atoms with Crippen molar-refractivity contribution in [2.24, 2.45) is 0 Å². The summed E-state index contributed by atoms with van der Waals surface area (Å²) < 4.78 is 12.8. The van der Waals surface area contributed by atoms with Crippen LogP contribution >= 0.6 is 11.3 Å². The van der Waals surface area contributed by atoms with Gasteiger partial charge in [-0.3, -0.25) is 9.20 Å². The Kier molecular flexibility index (Phi) is 6.46. The van der Waals surface area contributed by atoms with Crippen molar-refractivity contribution in [2.45, 2.75) is 32.6 Å². The summed E-state index contributed by atoms with van der Waals surface area (Å²) in [5, 5.41) is 5.08. The van der Waals surface area contributed by atoms with Crippen molar-refractivity contribution < 1.29 is 14.3 Å². The highest BCUT2D eigenvalue weighted by molar-refractivity contribution is 7.15. The lowest BCUT2D eigenvalue weighted by atomic mass is 9.97. The molecular weight excluding hydrogens is 422 g/mol. The Balaban J connectivity index is 1.59. The number of amides is 1. The second kappa shape index (κ2) is 9.44. The summed E-state index contributed by atoms with van der Waals surface area (Å²) in [5.74, 6) is 1.79. The molecule has 2 aromatic heterocycles. The van der Waals surface area contributed by atoms with Gasteiger partial charge in [0.15, 0.2) is 4.96 Å². The smallest absolute Gasteiger partial charge is 0.230 e. The minimum Gasteiger partial charge on any atom is -0.497 e. The maximum Gasteiger partial charge on any atom is 0.230 e. The van der Waals surface area contributed by atoms with Crippen LogP contribution < -0.4 is 14.8 Å². The second-order valence-electron chi connectivity index (χ2n) is 7.69. The van der Waals surface area contributed by atoms with E-state index in [4.69, 9.17) is 14.5 Å². The molecule has 1 atom stereocenters. The highest BCUT2D eigenvalue weighted by Gasteiger charge is 2.17. The molecule has 2 heterocycles. The molecule has 0 spiro atoms. The van der Waals surface area contributed by atoms with Crippen molar-refractivity contribution >= 4 is 27.9 Å². The van der Waals surface area contributed by atoms with Gasteiger partial charge in [0.1, 0.15) is 11.5 Å². The number of methoxy groups -OCH3 is 2. The van der Waals surface area contributed by atoms with E-state index in [-0.39, 0.29) is 12.3 Å². The number of imidazole rings is 1. The number of hydrogen-bond donors (Lipinski definition) is 1. The number of nitrogens with one attached hydrogen (secondary N) is 1. The van der Waals surface area contributed by atoms with E-state index in [1.807, 2.05) is 52.4 Å². The largest absolute Gasteiger partial charge is 0.497 e. The first-order valence-corrected chi connectivity index (χ1v) is 11.5. The van der Waals surface area contributed by atoms with Crippen LogP contribution in [0.5, 0.6) is 11.5 Å². The summed E-state index contributed by atoms with van der Waals surface area (Å²) in [5.41, 5.74) is 4.56. The fourth-order valence-corrected chi connectivity index (χ4v) is 4.59. The van der Waals surface area contributed by atoms with E-state index in [0.29, 0.717) is 5.92 Å². The van der Waals surface area contributed by atoms with Gasteiger partial charge < -0.3 is 14.8 Å². The Bertz CT molecular complexity index is 1240. The SMILES string of the molecule is CCC(C)c1ccccc1NC(=O)Cc1csc2nc(-c3cc(OC)ccc3OC)cn12. The number of para-hydroxylation sites is 1. The first kappa shape index (κ1) is 21.9. The second-order valence-corrected chi connectivity index (χ2v) is 8.53. The first-order valence-electron chi connectivity index (χ1n) is 10.6. The molecule has 6 nitrogen and oxygen atoms in total. The number of fused-ring (bicyclic) bond motifs is 1. The Morgan fingerprint density at radius 1 is 1.19 bits per heavy atom. The number of carbonyl (C=O) groups is 1. The van der Waals surface area contributed by atoms with Crippen LogP contribution in [0, 0.1) is 0 Å². The van der Waals surface area contributed by atoms with Gasteiger partial charge in [-0.15, -0.1) is 11.3 Å². The fourth-order valence-electron chi connectivity index (χ4n) is 3.72. The molecule has 1 amide bonds. The molecule has 0 aliphatic heterocycles. The zero-order valence-corrected chi connectivity index (χ0v) is 19.5. The van der Waals surface area contributed by atoms with Crippen LogP contribution in [0.15, 0.2) is 54.0 Å². The molecule has 32 heavy (non-hydrogen) atoms. The Morgan fingerprint density at radius 2 is 2.00 bits per heavy atom. The predicted octanol–water partition coefficient (Wildman–Crippen LogP) is 5.77. The Morgan fingerprint density at radius 3 is 2.75 bits per heavy atom. The third-order valence-corrected chi connectivity index (χ3v) is 6.57. The molecule has 4 aromatic rings. The van der Waals surface area contributed by atoms with Crippen LogP contribution in [0.3, 0.4) is 0 Å². The molecule has 0 saturated carbocycles. The molecule has 0 radical (unpaired) electrons. The van der Waals surface area contributed by atoms with Gasteiger partial charge in [0, 0.05) is 28.5 Å². The maximum atomic E-state index is 12.9. The zero-order chi connectivity index (χ0) is 22.7. The van der Waals surface area contributed by atoms with Crippen LogP contribution in [-0.2, 0) is 11.2 Å². The zero-order valence-electron chi connectivity index (χ0n) is 18.7. The van der Waals surface area contributed by atoms with E-state index >= 15 is 0 Å². The summed E-state index contributed by atoms with van der Waals surface area (Å²) in [6.45, 7) is 4.33. The summed E-state index contributed by atoms with van der Waals surface area (Å²) in [4.78, 5) is 18.4. The van der Waals surface area contributed by atoms with Gasteiger partial charge in [0.2, 0.25) is 5.91 Å². The number of benzene rings is 2. The molecule has 1 N–H and O–H groups in total. The predicted molar refractivity (Wildman–Crippen MR) is 129 cm³/mol. The molecule has 1 unspecified atom stereocenters. The van der Waals surface area contributed by atoms with Crippen molar-refractivity contribution in [3.05, 3.63) is 65.3 Å². The quantitative estimate of drug-likeness (QED) is 0.371. The van der Waals surface area contributed by atoms with Crippen LogP contribution in [0.25, 0.3) is 16.2 Å². The minimum atomic E-state index is -0.0466. The molecule has 0 saturated heterocycles. The van der Waals surface area contributed by atoms with E-state index in [9.17, 15) is 4.79 Å². The van der Waals surface area contributed by atoms with Crippen molar-refractivity contribution in [2.75, 3.05) is 19.5 Å². The van der Waals surface area contributed by atoms with Gasteiger partial charge in [-0.1, -0.05) is 32.0 Å². The lowest BCUT2D eigenvalue weighted by Crippen LogP contribution is -2.16. The van der Waals surface area contributed by atoms with Crippen LogP contribution in [0.2, 0.25) is 0 Å². The number of anilines is 1. The van der Waals surface area contributed by atoms with E-state index in [0.717, 1.165) is 51.1 Å². The average molecular weight is 450 g/mol. The third-order valence-electron chi connectivity index (χ3n) is 5.69. The summed E-state index contributed by atoms with van der Waals surface area (Å²) in [6, 6.07) is 13.6. The van der Waals surface area contributed by atoms with Crippen molar-refractivity contribution in [1.29, 1.82) is 0 Å². The number of nitrogens with zero attached hydrogens (tertiary/aromatic N) is 2. The monoisotopic (exact) mass is 449 g/mol. The van der Waals surface area contributed by atoms with Crippen LogP contribution in [0.4, 0.5) is 5.69 Å². The number of rotatable bonds is 8. The molecule has 2 aromatic carbocycles. The van der Waals surface area contributed by atoms with Crippen molar-refractivity contribution in [1.82, 2.24) is 9.38 Å². The number of ether oxygens (including phenoxy) is 2.